The van der Waals surface area contributed by atoms with Gasteiger partial charge in [-0.3, -0.25) is 5.01 Å². The molecule has 0 aromatic heterocycles. The summed E-state index contributed by atoms with van der Waals surface area (Å²) >= 11 is 0. The standard InChI is InChI=1S/C39H45N5O6/c1-4-35(37(45)46)40-19-21-41(38(47)49-28-32-11-7-5-8-12-32)23-25-43(44-31(3)16-17-34-27-30(2)15-18-36(34)44)26-24-42(22-20-40)39(48)50-29-33-13-9-6-10-14-33/h4-18,27H,3,19-26,28-29H2,1-2H3,(H,45,46). The number of aliphatic carboxylic acids is 1. The normalized spacial score (nSPS) is 16.3. The van der Waals surface area contributed by atoms with E-state index < -0.39 is 18.2 Å². The first-order chi connectivity index (χ1) is 24.2. The van der Waals surface area contributed by atoms with Crippen LogP contribution >= 0.6 is 0 Å². The summed E-state index contributed by atoms with van der Waals surface area (Å²) in [6.45, 7) is 10.4. The Kier molecular flexibility index (Phi) is 12.3. The van der Waals surface area contributed by atoms with Gasteiger partial charge in [0.05, 0.1) is 11.4 Å². The predicted molar refractivity (Wildman–Crippen MR) is 193 cm³/mol. The number of benzene rings is 3. The average molecular weight is 680 g/mol. The Labute approximate surface area is 293 Å². The van der Waals surface area contributed by atoms with E-state index in [9.17, 15) is 19.5 Å². The highest BCUT2D eigenvalue weighted by molar-refractivity contribution is 5.85. The number of nitrogens with zero attached hydrogens (tertiary/aromatic N) is 5. The van der Waals surface area contributed by atoms with Gasteiger partial charge >= 0.3 is 18.2 Å². The molecule has 0 saturated carbocycles. The minimum Gasteiger partial charge on any atom is -0.477 e. The largest absolute Gasteiger partial charge is 0.477 e. The lowest BCUT2D eigenvalue weighted by Crippen LogP contribution is -2.53. The molecule has 2 aliphatic heterocycles. The lowest BCUT2D eigenvalue weighted by atomic mass is 10.0. The number of allylic oxidation sites excluding steroid dienone is 2. The minimum absolute atomic E-state index is 0.0854. The molecule has 1 fully saturated rings. The number of fused-ring (bicyclic) bond motifs is 1. The highest BCUT2D eigenvalue weighted by atomic mass is 16.6. The second kappa shape index (κ2) is 17.2. The molecule has 50 heavy (non-hydrogen) atoms. The fourth-order valence-corrected chi connectivity index (χ4v) is 6.02. The third-order valence-electron chi connectivity index (χ3n) is 8.72. The van der Waals surface area contributed by atoms with Crippen LogP contribution in [0, 0.1) is 6.92 Å². The van der Waals surface area contributed by atoms with Crippen LogP contribution in [0.15, 0.2) is 109 Å². The number of amides is 2. The number of rotatable bonds is 7. The van der Waals surface area contributed by atoms with E-state index in [-0.39, 0.29) is 58.2 Å². The Hall–Kier alpha value is -5.55. The fourth-order valence-electron chi connectivity index (χ4n) is 6.02. The maximum atomic E-state index is 13.6. The molecule has 3 aromatic rings. The summed E-state index contributed by atoms with van der Waals surface area (Å²) in [6, 6.07) is 25.1. The van der Waals surface area contributed by atoms with Crippen LogP contribution in [-0.4, -0.2) is 95.3 Å². The van der Waals surface area contributed by atoms with Crippen molar-refractivity contribution < 1.29 is 29.0 Å². The minimum atomic E-state index is -1.09. The molecule has 5 rings (SSSR count). The zero-order valence-electron chi connectivity index (χ0n) is 28.7. The van der Waals surface area contributed by atoms with E-state index in [2.05, 4.69) is 23.7 Å². The summed E-state index contributed by atoms with van der Waals surface area (Å²) in [4.78, 5) is 44.4. The molecule has 2 amide bonds. The van der Waals surface area contributed by atoms with Gasteiger partial charge in [-0.25, -0.2) is 19.4 Å². The van der Waals surface area contributed by atoms with E-state index in [1.807, 2.05) is 90.8 Å². The monoisotopic (exact) mass is 679 g/mol. The predicted octanol–water partition coefficient (Wildman–Crippen LogP) is 6.14. The third kappa shape index (κ3) is 9.32. The van der Waals surface area contributed by atoms with Crippen molar-refractivity contribution in [2.75, 3.05) is 57.4 Å². The van der Waals surface area contributed by atoms with Gasteiger partial charge in [-0.05, 0) is 48.7 Å². The molecule has 1 saturated heterocycles. The number of anilines is 1. The van der Waals surface area contributed by atoms with Crippen molar-refractivity contribution in [2.45, 2.75) is 27.1 Å². The molecule has 0 unspecified atom stereocenters. The molecular weight excluding hydrogens is 634 g/mol. The quantitative estimate of drug-likeness (QED) is 0.295. The number of ether oxygens (including phenoxy) is 2. The zero-order valence-corrected chi connectivity index (χ0v) is 28.7. The van der Waals surface area contributed by atoms with Gasteiger partial charge in [0.15, 0.2) is 0 Å². The van der Waals surface area contributed by atoms with E-state index >= 15 is 0 Å². The Morgan fingerprint density at radius 3 is 1.72 bits per heavy atom. The van der Waals surface area contributed by atoms with E-state index in [1.54, 1.807) is 21.6 Å². The van der Waals surface area contributed by atoms with Crippen LogP contribution in [0.1, 0.15) is 29.2 Å². The number of carboxylic acids is 1. The van der Waals surface area contributed by atoms with Gasteiger partial charge < -0.3 is 29.3 Å². The SMILES string of the molecule is C=C1C=Cc2cc(C)ccc2N1N1CCN(C(=O)OCc2ccccc2)CCN(C(=CC)C(=O)O)CCN(C(=O)OCc2ccccc2)CC1. The van der Waals surface area contributed by atoms with Crippen LogP contribution in [0.2, 0.25) is 0 Å². The highest BCUT2D eigenvalue weighted by Gasteiger charge is 2.29. The van der Waals surface area contributed by atoms with E-state index in [0.29, 0.717) is 13.1 Å². The Bertz CT molecular complexity index is 1640. The smallest absolute Gasteiger partial charge is 0.410 e. The summed E-state index contributed by atoms with van der Waals surface area (Å²) in [5, 5.41) is 14.2. The lowest BCUT2D eigenvalue weighted by molar-refractivity contribution is -0.134. The van der Waals surface area contributed by atoms with Gasteiger partial charge in [0.1, 0.15) is 18.9 Å². The van der Waals surface area contributed by atoms with E-state index in [4.69, 9.17) is 9.47 Å². The maximum Gasteiger partial charge on any atom is 0.410 e. The molecule has 3 aromatic carbocycles. The summed E-state index contributed by atoms with van der Waals surface area (Å²) in [5.74, 6) is -1.09. The zero-order chi connectivity index (χ0) is 35.5. The Morgan fingerprint density at radius 2 is 1.22 bits per heavy atom. The van der Waals surface area contributed by atoms with Gasteiger partial charge in [-0.1, -0.05) is 91.0 Å². The van der Waals surface area contributed by atoms with Crippen LogP contribution in [0.25, 0.3) is 6.08 Å². The van der Waals surface area contributed by atoms with Crippen molar-refractivity contribution in [1.29, 1.82) is 0 Å². The first-order valence-corrected chi connectivity index (χ1v) is 16.8. The summed E-state index contributed by atoms with van der Waals surface area (Å²) in [6.07, 6.45) is 4.53. The Morgan fingerprint density at radius 1 is 0.720 bits per heavy atom. The van der Waals surface area contributed by atoms with Crippen LogP contribution in [0.5, 0.6) is 0 Å². The lowest BCUT2D eigenvalue weighted by Gasteiger charge is -2.42. The third-order valence-corrected chi connectivity index (χ3v) is 8.72. The van der Waals surface area contributed by atoms with Crippen LogP contribution in [0.4, 0.5) is 15.3 Å². The summed E-state index contributed by atoms with van der Waals surface area (Å²) < 4.78 is 11.5. The van der Waals surface area contributed by atoms with E-state index in [1.165, 1.54) is 6.08 Å². The average Bonchev–Trinajstić information content (AvgIpc) is 3.12. The van der Waals surface area contributed by atoms with Crippen LogP contribution in [0.3, 0.4) is 0 Å². The van der Waals surface area contributed by atoms with Crippen molar-refractivity contribution in [3.05, 3.63) is 131 Å². The molecule has 2 heterocycles. The maximum absolute atomic E-state index is 13.6. The van der Waals surface area contributed by atoms with Gasteiger partial charge in [-0.2, -0.15) is 0 Å². The van der Waals surface area contributed by atoms with Crippen molar-refractivity contribution in [3.8, 4) is 0 Å². The second-order valence-electron chi connectivity index (χ2n) is 12.2. The topological polar surface area (TPSA) is 106 Å². The van der Waals surface area contributed by atoms with Crippen molar-refractivity contribution >= 4 is 29.9 Å². The molecule has 0 aliphatic carbocycles. The number of carboxylic acid groups (broad SMARTS) is 1. The number of carbonyl (C=O) groups excluding carboxylic acids is 2. The number of hydrogen-bond acceptors (Lipinski definition) is 8. The number of aryl methyl sites for hydroxylation is 1. The number of hydrazine groups is 1. The van der Waals surface area contributed by atoms with E-state index in [0.717, 1.165) is 33.6 Å². The molecule has 11 heteroatoms. The first-order valence-electron chi connectivity index (χ1n) is 16.8. The molecule has 0 radical (unpaired) electrons. The van der Waals surface area contributed by atoms with Gasteiger partial charge in [0.25, 0.3) is 0 Å². The summed E-state index contributed by atoms with van der Waals surface area (Å²) in [7, 11) is 0. The fraction of sp³-hybridized carbons (Fsp3) is 0.308. The van der Waals surface area contributed by atoms with Crippen LogP contribution in [-0.2, 0) is 27.5 Å². The number of hydrogen-bond donors (Lipinski definition) is 1. The molecule has 0 bridgehead atoms. The van der Waals surface area contributed by atoms with Crippen molar-refractivity contribution in [2.24, 2.45) is 0 Å². The molecule has 0 spiro atoms. The van der Waals surface area contributed by atoms with Gasteiger partial charge in [0.2, 0.25) is 0 Å². The molecule has 2 aliphatic rings. The van der Waals surface area contributed by atoms with Gasteiger partial charge in [-0.15, -0.1) is 0 Å². The highest BCUT2D eigenvalue weighted by Crippen LogP contribution is 2.32. The van der Waals surface area contributed by atoms with Gasteiger partial charge in [0, 0.05) is 52.4 Å². The summed E-state index contributed by atoms with van der Waals surface area (Å²) in [5.41, 5.74) is 5.66. The molecule has 0 atom stereocenters. The molecule has 11 nitrogen and oxygen atoms in total. The van der Waals surface area contributed by atoms with Crippen molar-refractivity contribution in [3.63, 3.8) is 0 Å². The van der Waals surface area contributed by atoms with Crippen LogP contribution < -0.4 is 5.01 Å². The second-order valence-corrected chi connectivity index (χ2v) is 12.2. The van der Waals surface area contributed by atoms with Crippen molar-refractivity contribution in [1.82, 2.24) is 19.7 Å². The molecule has 1 N–H and O–H groups in total. The molecular formula is C39H45N5O6. The number of carbonyl (C=O) groups is 3. The Balaban J connectivity index is 1.43. The molecule has 262 valence electrons. The first kappa shape index (κ1) is 35.7.